The molecule has 6 nitrogen and oxygen atoms in total. The molecule has 0 aliphatic carbocycles. The van der Waals surface area contributed by atoms with Gasteiger partial charge in [-0.05, 0) is 12.1 Å². The van der Waals surface area contributed by atoms with Gasteiger partial charge in [-0.2, -0.15) is 0 Å². The number of nitrogens with one attached hydrogen (secondary N) is 1. The number of methoxy groups -OCH3 is 1. The van der Waals surface area contributed by atoms with E-state index in [1.165, 1.54) is 5.39 Å². The molecule has 134 valence electrons. The van der Waals surface area contributed by atoms with Crippen LogP contribution in [0.5, 0.6) is 0 Å². The molecule has 1 saturated heterocycles. The van der Waals surface area contributed by atoms with Crippen LogP contribution in [-0.2, 0) is 15.9 Å². The fraction of sp³-hybridized carbons (Fsp3) is 0.474. The fourth-order valence-electron chi connectivity index (χ4n) is 3.08. The first-order chi connectivity index (χ1) is 12.3. The third-order valence-corrected chi connectivity index (χ3v) is 4.32. The highest BCUT2D eigenvalue weighted by Gasteiger charge is 2.22. The maximum atomic E-state index is 5.70. The molecule has 2 heterocycles. The lowest BCUT2D eigenvalue weighted by Crippen LogP contribution is -2.51. The minimum absolute atomic E-state index is 0.0967. The van der Waals surface area contributed by atoms with Crippen molar-refractivity contribution in [2.24, 2.45) is 4.99 Å². The fourth-order valence-corrected chi connectivity index (χ4v) is 3.08. The first kappa shape index (κ1) is 17.6. The Bertz CT molecular complexity index is 717. The van der Waals surface area contributed by atoms with Crippen LogP contribution < -0.4 is 5.32 Å². The molecule has 3 rings (SSSR count). The number of fused-ring (bicyclic) bond motifs is 1. The average Bonchev–Trinajstić information content (AvgIpc) is 2.66. The van der Waals surface area contributed by atoms with E-state index in [9.17, 15) is 0 Å². The molecule has 1 atom stereocenters. The number of para-hydroxylation sites is 1. The van der Waals surface area contributed by atoms with Gasteiger partial charge < -0.3 is 19.7 Å². The normalized spacial score (nSPS) is 18.6. The summed E-state index contributed by atoms with van der Waals surface area (Å²) in [6.45, 7) is 3.73. The number of hydrogen-bond acceptors (Lipinski definition) is 4. The predicted octanol–water partition coefficient (Wildman–Crippen LogP) is 1.70. The number of guanidine groups is 1. The summed E-state index contributed by atoms with van der Waals surface area (Å²) < 4.78 is 10.9. The molecule has 0 spiro atoms. The summed E-state index contributed by atoms with van der Waals surface area (Å²) in [5.74, 6) is 0.908. The highest BCUT2D eigenvalue weighted by Crippen LogP contribution is 2.12. The molecule has 1 aliphatic rings. The Kier molecular flexibility index (Phi) is 6.19. The standard InChI is InChI=1S/C19H26N4O2/c1-20-19(23-11-12-25-17(13-23)14-24-2)21-10-9-16-8-7-15-5-3-4-6-18(15)22-16/h3-8,17H,9-14H2,1-2H3,(H,20,21). The van der Waals surface area contributed by atoms with Gasteiger partial charge >= 0.3 is 0 Å². The third kappa shape index (κ3) is 4.67. The lowest BCUT2D eigenvalue weighted by Gasteiger charge is -2.34. The lowest BCUT2D eigenvalue weighted by atomic mass is 10.2. The summed E-state index contributed by atoms with van der Waals surface area (Å²) in [7, 11) is 3.52. The SMILES string of the molecule is CN=C(NCCc1ccc2ccccc2n1)N1CCOC(COC)C1. The smallest absolute Gasteiger partial charge is 0.193 e. The van der Waals surface area contributed by atoms with E-state index in [1.54, 1.807) is 7.11 Å². The Balaban J connectivity index is 1.54. The number of ether oxygens (including phenoxy) is 2. The van der Waals surface area contributed by atoms with Crippen molar-refractivity contribution in [2.75, 3.05) is 47.0 Å². The maximum Gasteiger partial charge on any atom is 0.193 e. The van der Waals surface area contributed by atoms with Gasteiger partial charge in [0.15, 0.2) is 5.96 Å². The Morgan fingerprint density at radius 1 is 1.36 bits per heavy atom. The number of hydrogen-bond donors (Lipinski definition) is 1. The molecule has 0 amide bonds. The van der Waals surface area contributed by atoms with Crippen LogP contribution in [-0.4, -0.2) is 69.0 Å². The molecule has 0 radical (unpaired) electrons. The van der Waals surface area contributed by atoms with E-state index in [4.69, 9.17) is 14.5 Å². The monoisotopic (exact) mass is 342 g/mol. The van der Waals surface area contributed by atoms with E-state index >= 15 is 0 Å². The number of pyridine rings is 1. The first-order valence-electron chi connectivity index (χ1n) is 8.71. The molecular weight excluding hydrogens is 316 g/mol. The van der Waals surface area contributed by atoms with Gasteiger partial charge in [0.1, 0.15) is 0 Å². The molecule has 1 aliphatic heterocycles. The summed E-state index contributed by atoms with van der Waals surface area (Å²) in [6, 6.07) is 12.4. The number of aromatic nitrogens is 1. The van der Waals surface area contributed by atoms with Crippen LogP contribution in [0.2, 0.25) is 0 Å². The van der Waals surface area contributed by atoms with Crippen LogP contribution >= 0.6 is 0 Å². The second-order valence-corrected chi connectivity index (χ2v) is 6.11. The van der Waals surface area contributed by atoms with E-state index in [1.807, 2.05) is 19.2 Å². The molecule has 1 aromatic carbocycles. The summed E-state index contributed by atoms with van der Waals surface area (Å²) in [5, 5.41) is 4.61. The summed E-state index contributed by atoms with van der Waals surface area (Å²) >= 11 is 0. The van der Waals surface area contributed by atoms with E-state index in [0.717, 1.165) is 43.2 Å². The molecule has 25 heavy (non-hydrogen) atoms. The second-order valence-electron chi connectivity index (χ2n) is 6.11. The molecule has 6 heteroatoms. The van der Waals surface area contributed by atoms with Gasteiger partial charge in [-0.3, -0.25) is 9.98 Å². The number of aliphatic imine (C=N–C) groups is 1. The number of nitrogens with zero attached hydrogens (tertiary/aromatic N) is 3. The zero-order valence-corrected chi connectivity index (χ0v) is 14.9. The Morgan fingerprint density at radius 3 is 3.08 bits per heavy atom. The van der Waals surface area contributed by atoms with Gasteiger partial charge in [-0.25, -0.2) is 0 Å². The van der Waals surface area contributed by atoms with E-state index in [0.29, 0.717) is 13.2 Å². The molecule has 1 unspecified atom stereocenters. The van der Waals surface area contributed by atoms with Crippen molar-refractivity contribution < 1.29 is 9.47 Å². The summed E-state index contributed by atoms with van der Waals surface area (Å²) in [5.41, 5.74) is 2.13. The minimum atomic E-state index is 0.0967. The zero-order chi connectivity index (χ0) is 17.5. The largest absolute Gasteiger partial charge is 0.382 e. The van der Waals surface area contributed by atoms with Crippen LogP contribution in [0.3, 0.4) is 0 Å². The first-order valence-corrected chi connectivity index (χ1v) is 8.71. The molecular formula is C19H26N4O2. The van der Waals surface area contributed by atoms with Crippen LogP contribution in [0, 0.1) is 0 Å². The molecule has 1 fully saturated rings. The quantitative estimate of drug-likeness (QED) is 0.662. The predicted molar refractivity (Wildman–Crippen MR) is 100.0 cm³/mol. The topological polar surface area (TPSA) is 59.0 Å². The maximum absolute atomic E-state index is 5.70. The number of morpholine rings is 1. The molecule has 1 aromatic heterocycles. The summed E-state index contributed by atoms with van der Waals surface area (Å²) in [4.78, 5) is 11.3. The third-order valence-electron chi connectivity index (χ3n) is 4.32. The van der Waals surface area contributed by atoms with Crippen LogP contribution in [0.4, 0.5) is 0 Å². The minimum Gasteiger partial charge on any atom is -0.382 e. The van der Waals surface area contributed by atoms with Gasteiger partial charge in [0.2, 0.25) is 0 Å². The zero-order valence-electron chi connectivity index (χ0n) is 14.9. The van der Waals surface area contributed by atoms with Crippen molar-refractivity contribution in [1.82, 2.24) is 15.2 Å². The lowest BCUT2D eigenvalue weighted by molar-refractivity contribution is -0.0447. The van der Waals surface area contributed by atoms with Crippen molar-refractivity contribution >= 4 is 16.9 Å². The molecule has 2 aromatic rings. The van der Waals surface area contributed by atoms with E-state index in [-0.39, 0.29) is 6.10 Å². The Morgan fingerprint density at radius 2 is 2.24 bits per heavy atom. The van der Waals surface area contributed by atoms with Crippen molar-refractivity contribution in [3.8, 4) is 0 Å². The van der Waals surface area contributed by atoms with Gasteiger partial charge in [-0.15, -0.1) is 0 Å². The Hall–Kier alpha value is -2.18. The van der Waals surface area contributed by atoms with Gasteiger partial charge in [-0.1, -0.05) is 24.3 Å². The number of rotatable bonds is 5. The van der Waals surface area contributed by atoms with Gasteiger partial charge in [0, 0.05) is 51.3 Å². The molecule has 1 N–H and O–H groups in total. The average molecular weight is 342 g/mol. The van der Waals surface area contributed by atoms with E-state index < -0.39 is 0 Å². The van der Waals surface area contributed by atoms with E-state index in [2.05, 4.69) is 39.5 Å². The van der Waals surface area contributed by atoms with Gasteiger partial charge in [0.05, 0.1) is 24.8 Å². The van der Waals surface area contributed by atoms with Crippen molar-refractivity contribution in [2.45, 2.75) is 12.5 Å². The van der Waals surface area contributed by atoms with Crippen molar-refractivity contribution in [1.29, 1.82) is 0 Å². The van der Waals surface area contributed by atoms with Crippen molar-refractivity contribution in [3.05, 3.63) is 42.1 Å². The highest BCUT2D eigenvalue weighted by atomic mass is 16.5. The molecule has 0 saturated carbocycles. The number of benzene rings is 1. The second kappa shape index (κ2) is 8.78. The highest BCUT2D eigenvalue weighted by molar-refractivity contribution is 5.80. The van der Waals surface area contributed by atoms with Crippen LogP contribution in [0.25, 0.3) is 10.9 Å². The molecule has 0 bridgehead atoms. The van der Waals surface area contributed by atoms with Gasteiger partial charge in [0.25, 0.3) is 0 Å². The Labute approximate surface area is 148 Å². The van der Waals surface area contributed by atoms with Crippen molar-refractivity contribution in [3.63, 3.8) is 0 Å². The van der Waals surface area contributed by atoms with Crippen LogP contribution in [0.15, 0.2) is 41.4 Å². The van der Waals surface area contributed by atoms with Crippen LogP contribution in [0.1, 0.15) is 5.69 Å². The summed E-state index contributed by atoms with van der Waals surface area (Å²) in [6.07, 6.45) is 0.954.